The third kappa shape index (κ3) is 6.37. The number of rotatable bonds is 6. The summed E-state index contributed by atoms with van der Waals surface area (Å²) in [6.45, 7) is 10.0. The molecule has 1 saturated carbocycles. The number of nitrogens with one attached hydrogen (secondary N) is 2. The summed E-state index contributed by atoms with van der Waals surface area (Å²) < 4.78 is 12.0. The molecule has 0 unspecified atom stereocenters. The first kappa shape index (κ1) is 28.4. The molecule has 4 rings (SSSR count). The van der Waals surface area contributed by atoms with Gasteiger partial charge in [0.05, 0.1) is 24.0 Å². The lowest BCUT2D eigenvalue weighted by Crippen LogP contribution is -2.42. The normalized spacial score (nSPS) is 19.8. The van der Waals surface area contributed by atoms with Gasteiger partial charge in [0.1, 0.15) is 23.5 Å². The number of nitrogen functional groups attached to an aromatic ring is 1. The maximum atomic E-state index is 12.4. The van der Waals surface area contributed by atoms with Crippen LogP contribution in [0.3, 0.4) is 0 Å². The van der Waals surface area contributed by atoms with Gasteiger partial charge in [0.25, 0.3) is 0 Å². The van der Waals surface area contributed by atoms with Crippen LogP contribution in [-0.4, -0.2) is 60.4 Å². The number of alkyl carbamates (subject to hydrolysis) is 1. The molecule has 2 amide bonds. The molecule has 10 nitrogen and oxygen atoms in total. The molecule has 4 N–H and O–H groups in total. The first-order valence-electron chi connectivity index (χ1n) is 13.6. The molecule has 2 aromatic rings. The van der Waals surface area contributed by atoms with Gasteiger partial charge < -0.3 is 30.7 Å². The van der Waals surface area contributed by atoms with Crippen LogP contribution in [0.15, 0.2) is 18.5 Å². The van der Waals surface area contributed by atoms with Crippen LogP contribution in [0.2, 0.25) is 0 Å². The predicted octanol–water partition coefficient (Wildman–Crippen LogP) is 3.96. The van der Waals surface area contributed by atoms with E-state index in [-0.39, 0.29) is 36.1 Å². The highest BCUT2D eigenvalue weighted by atomic mass is 16.6. The van der Waals surface area contributed by atoms with E-state index in [1.807, 2.05) is 44.9 Å². The highest BCUT2D eigenvalue weighted by Gasteiger charge is 2.37. The molecular weight excluding hydrogens is 496 g/mol. The lowest BCUT2D eigenvalue weighted by Gasteiger charge is -2.37. The van der Waals surface area contributed by atoms with Gasteiger partial charge in [-0.05, 0) is 76.0 Å². The molecule has 1 aromatic carbocycles. The molecule has 0 aliphatic heterocycles. The number of benzene rings is 1. The highest BCUT2D eigenvalue weighted by molar-refractivity contribution is 5.86. The molecule has 0 atom stereocenters. The van der Waals surface area contributed by atoms with E-state index in [1.165, 1.54) is 6.33 Å². The van der Waals surface area contributed by atoms with Crippen LogP contribution in [0.4, 0.5) is 16.3 Å². The van der Waals surface area contributed by atoms with Crippen LogP contribution in [0, 0.1) is 0 Å². The Balaban J connectivity index is 1.60. The van der Waals surface area contributed by atoms with Crippen molar-refractivity contribution in [2.45, 2.75) is 89.9 Å². The van der Waals surface area contributed by atoms with Gasteiger partial charge in [0.15, 0.2) is 0 Å². The first-order chi connectivity index (χ1) is 18.3. The standard InChI is InChI=1S/C29H42N6O4/c1-28(2,3)39-27(37)34-17-8-10-18(11-9-17)38-21-13-12-19-20(25(21)35(7)15-22(36)31-6)14-29(4,5)23-24(19)32-16-33-26(23)30/h12-13,16-18H,8-11,14-15H2,1-7H3,(H,31,36)(H,34,37)(H2,30,32,33). The number of carbonyl (C=O) groups excluding carboxylic acids is 2. The predicted molar refractivity (Wildman–Crippen MR) is 152 cm³/mol. The Morgan fingerprint density at radius 3 is 2.49 bits per heavy atom. The molecule has 0 bridgehead atoms. The van der Waals surface area contributed by atoms with Crippen molar-refractivity contribution in [3.05, 3.63) is 29.6 Å². The monoisotopic (exact) mass is 538 g/mol. The number of likely N-dealkylation sites (N-methyl/N-ethyl adjacent to an activating group) is 2. The highest BCUT2D eigenvalue weighted by Crippen LogP contribution is 2.49. The molecular formula is C29H42N6O4. The molecule has 0 radical (unpaired) electrons. The second kappa shape index (κ2) is 10.9. The topological polar surface area (TPSA) is 132 Å². The van der Waals surface area contributed by atoms with Crippen molar-refractivity contribution in [3.8, 4) is 17.0 Å². The minimum absolute atomic E-state index is 0.00579. The van der Waals surface area contributed by atoms with Gasteiger partial charge in [-0.3, -0.25) is 4.79 Å². The number of ether oxygens (including phenoxy) is 2. The van der Waals surface area contributed by atoms with Crippen molar-refractivity contribution < 1.29 is 19.1 Å². The molecule has 1 heterocycles. The van der Waals surface area contributed by atoms with Gasteiger partial charge in [-0.1, -0.05) is 13.8 Å². The van der Waals surface area contributed by atoms with E-state index in [0.717, 1.165) is 59.5 Å². The Morgan fingerprint density at radius 1 is 1.15 bits per heavy atom. The Morgan fingerprint density at radius 2 is 1.85 bits per heavy atom. The summed E-state index contributed by atoms with van der Waals surface area (Å²) in [6.07, 6.45) is 5.01. The average Bonchev–Trinajstić information content (AvgIpc) is 2.83. The number of hydrogen-bond acceptors (Lipinski definition) is 8. The van der Waals surface area contributed by atoms with Crippen LogP contribution in [-0.2, 0) is 21.4 Å². The summed E-state index contributed by atoms with van der Waals surface area (Å²) in [5.41, 5.74) is 10.2. The molecule has 1 fully saturated rings. The third-order valence-corrected chi connectivity index (χ3v) is 7.40. The zero-order valence-electron chi connectivity index (χ0n) is 24.2. The van der Waals surface area contributed by atoms with Crippen LogP contribution < -0.4 is 26.0 Å². The van der Waals surface area contributed by atoms with E-state index < -0.39 is 5.60 Å². The number of nitrogens with zero attached hydrogens (tertiary/aromatic N) is 3. The summed E-state index contributed by atoms with van der Waals surface area (Å²) in [6, 6.07) is 4.07. The van der Waals surface area contributed by atoms with E-state index in [1.54, 1.807) is 7.05 Å². The molecule has 0 spiro atoms. The van der Waals surface area contributed by atoms with Crippen molar-refractivity contribution in [2.75, 3.05) is 31.3 Å². The van der Waals surface area contributed by atoms with Crippen LogP contribution in [0.25, 0.3) is 11.3 Å². The molecule has 0 saturated heterocycles. The number of nitrogens with two attached hydrogens (primary N) is 1. The van der Waals surface area contributed by atoms with Crippen molar-refractivity contribution >= 4 is 23.5 Å². The van der Waals surface area contributed by atoms with Crippen LogP contribution >= 0.6 is 0 Å². The first-order valence-corrected chi connectivity index (χ1v) is 13.6. The van der Waals surface area contributed by atoms with Crippen LogP contribution in [0.5, 0.6) is 5.75 Å². The van der Waals surface area contributed by atoms with E-state index in [2.05, 4.69) is 34.4 Å². The number of aromatic nitrogens is 2. The molecule has 212 valence electrons. The van der Waals surface area contributed by atoms with Crippen molar-refractivity contribution in [1.29, 1.82) is 0 Å². The fourth-order valence-corrected chi connectivity index (χ4v) is 5.68. The van der Waals surface area contributed by atoms with Gasteiger partial charge >= 0.3 is 6.09 Å². The molecule has 1 aromatic heterocycles. The minimum atomic E-state index is -0.527. The maximum Gasteiger partial charge on any atom is 0.407 e. The zero-order chi connectivity index (χ0) is 28.5. The summed E-state index contributed by atoms with van der Waals surface area (Å²) >= 11 is 0. The van der Waals surface area contributed by atoms with Crippen molar-refractivity contribution in [2.24, 2.45) is 0 Å². The van der Waals surface area contributed by atoms with Crippen molar-refractivity contribution in [3.63, 3.8) is 0 Å². The number of fused-ring (bicyclic) bond motifs is 3. The molecule has 10 heteroatoms. The zero-order valence-corrected chi connectivity index (χ0v) is 24.2. The fraction of sp³-hybridized carbons (Fsp3) is 0.586. The second-order valence-corrected chi connectivity index (χ2v) is 12.2. The van der Waals surface area contributed by atoms with Gasteiger partial charge in [0.2, 0.25) is 5.91 Å². The fourth-order valence-electron chi connectivity index (χ4n) is 5.68. The molecule has 2 aliphatic carbocycles. The van der Waals surface area contributed by atoms with Gasteiger partial charge in [-0.15, -0.1) is 0 Å². The lowest BCUT2D eigenvalue weighted by molar-refractivity contribution is -0.119. The van der Waals surface area contributed by atoms with E-state index in [9.17, 15) is 9.59 Å². The van der Waals surface area contributed by atoms with E-state index in [4.69, 9.17) is 15.2 Å². The summed E-state index contributed by atoms with van der Waals surface area (Å²) in [7, 11) is 3.55. The van der Waals surface area contributed by atoms with Gasteiger partial charge in [0, 0.05) is 31.3 Å². The van der Waals surface area contributed by atoms with E-state index in [0.29, 0.717) is 12.2 Å². The number of anilines is 2. The molecule has 39 heavy (non-hydrogen) atoms. The quantitative estimate of drug-likeness (QED) is 0.504. The Hall–Kier alpha value is -3.56. The summed E-state index contributed by atoms with van der Waals surface area (Å²) in [5.74, 6) is 1.15. The minimum Gasteiger partial charge on any atom is -0.488 e. The maximum absolute atomic E-state index is 12.4. The smallest absolute Gasteiger partial charge is 0.407 e. The average molecular weight is 539 g/mol. The van der Waals surface area contributed by atoms with Crippen LogP contribution in [0.1, 0.15) is 71.4 Å². The summed E-state index contributed by atoms with van der Waals surface area (Å²) in [4.78, 5) is 35.4. The number of amides is 2. The number of hydrogen-bond donors (Lipinski definition) is 3. The Labute approximate surface area is 231 Å². The van der Waals surface area contributed by atoms with E-state index >= 15 is 0 Å². The number of carbonyl (C=O) groups is 2. The largest absolute Gasteiger partial charge is 0.488 e. The Bertz CT molecular complexity index is 1230. The van der Waals surface area contributed by atoms with Gasteiger partial charge in [-0.2, -0.15) is 0 Å². The SMILES string of the molecule is CNC(=O)CN(C)c1c(OC2CCC(NC(=O)OC(C)(C)C)CC2)ccc2c1CC(C)(C)c1c(N)ncnc1-2. The van der Waals surface area contributed by atoms with Crippen molar-refractivity contribution in [1.82, 2.24) is 20.6 Å². The Kier molecular flexibility index (Phi) is 7.95. The lowest BCUT2D eigenvalue weighted by atomic mass is 9.71. The third-order valence-electron chi connectivity index (χ3n) is 7.40. The molecule has 2 aliphatic rings. The van der Waals surface area contributed by atoms with Gasteiger partial charge in [-0.25, -0.2) is 14.8 Å². The summed E-state index contributed by atoms with van der Waals surface area (Å²) in [5, 5.41) is 5.71. The second-order valence-electron chi connectivity index (χ2n) is 12.2.